The van der Waals surface area contributed by atoms with Crippen molar-refractivity contribution in [1.29, 1.82) is 0 Å². The SMILES string of the molecule is C(CCCN1CC1)CCCN1CC1. The molecule has 0 saturated carbocycles. The molecule has 0 aromatic heterocycles. The lowest BCUT2D eigenvalue weighted by atomic mass is 10.1. The fourth-order valence-electron chi connectivity index (χ4n) is 1.79. The number of hydrogen-bond acceptors (Lipinski definition) is 2. The molecule has 13 heavy (non-hydrogen) atoms. The lowest BCUT2D eigenvalue weighted by Gasteiger charge is -2.02. The highest BCUT2D eigenvalue weighted by molar-refractivity contribution is 4.72. The Bertz CT molecular complexity index is 123. The van der Waals surface area contributed by atoms with Crippen molar-refractivity contribution >= 4 is 0 Å². The van der Waals surface area contributed by atoms with Crippen molar-refractivity contribution in [1.82, 2.24) is 9.80 Å². The van der Waals surface area contributed by atoms with Crippen molar-refractivity contribution in [2.45, 2.75) is 32.1 Å². The summed E-state index contributed by atoms with van der Waals surface area (Å²) in [4.78, 5) is 5.05. The Morgan fingerprint density at radius 2 is 0.923 bits per heavy atom. The average molecular weight is 182 g/mol. The third kappa shape index (κ3) is 4.63. The second-order valence-corrected chi connectivity index (χ2v) is 4.45. The molecular formula is C11H22N2. The highest BCUT2D eigenvalue weighted by Gasteiger charge is 2.16. The van der Waals surface area contributed by atoms with Gasteiger partial charge in [-0.25, -0.2) is 0 Å². The van der Waals surface area contributed by atoms with Gasteiger partial charge in [-0.15, -0.1) is 0 Å². The summed E-state index contributed by atoms with van der Waals surface area (Å²) in [6, 6.07) is 0. The zero-order chi connectivity index (χ0) is 8.93. The molecule has 2 rings (SSSR count). The maximum absolute atomic E-state index is 2.52. The van der Waals surface area contributed by atoms with Gasteiger partial charge in [0.05, 0.1) is 0 Å². The summed E-state index contributed by atoms with van der Waals surface area (Å²) in [7, 11) is 0. The van der Waals surface area contributed by atoms with Crippen LogP contribution in [0.3, 0.4) is 0 Å². The molecule has 0 N–H and O–H groups in total. The van der Waals surface area contributed by atoms with Crippen LogP contribution in [-0.4, -0.2) is 49.1 Å². The topological polar surface area (TPSA) is 6.02 Å². The van der Waals surface area contributed by atoms with Crippen molar-refractivity contribution in [3.8, 4) is 0 Å². The van der Waals surface area contributed by atoms with Gasteiger partial charge in [0.25, 0.3) is 0 Å². The standard InChI is InChI=1S/C11H22N2/c1(2-4-6-12-8-9-12)3-5-7-13-10-11-13/h1-11H2. The molecule has 0 aromatic carbocycles. The Morgan fingerprint density at radius 1 is 0.538 bits per heavy atom. The quantitative estimate of drug-likeness (QED) is 0.415. The predicted octanol–water partition coefficient (Wildman–Crippen LogP) is 1.57. The maximum atomic E-state index is 2.52. The van der Waals surface area contributed by atoms with Crippen molar-refractivity contribution in [3.05, 3.63) is 0 Å². The minimum Gasteiger partial charge on any atom is -0.301 e. The van der Waals surface area contributed by atoms with Gasteiger partial charge in [-0.1, -0.05) is 19.3 Å². The summed E-state index contributed by atoms with van der Waals surface area (Å²) in [5, 5.41) is 0. The predicted molar refractivity (Wildman–Crippen MR) is 56.0 cm³/mol. The first-order chi connectivity index (χ1) is 6.45. The van der Waals surface area contributed by atoms with Crippen LogP contribution in [0, 0.1) is 0 Å². The van der Waals surface area contributed by atoms with Crippen LogP contribution in [-0.2, 0) is 0 Å². The van der Waals surface area contributed by atoms with Gasteiger partial charge < -0.3 is 9.80 Å². The normalized spacial score (nSPS) is 22.2. The molecule has 2 aliphatic heterocycles. The van der Waals surface area contributed by atoms with E-state index < -0.39 is 0 Å². The number of unbranched alkanes of at least 4 members (excludes halogenated alkanes) is 4. The zero-order valence-corrected chi connectivity index (χ0v) is 8.67. The summed E-state index contributed by atoms with van der Waals surface area (Å²) < 4.78 is 0. The molecule has 0 amide bonds. The van der Waals surface area contributed by atoms with E-state index in [1.54, 1.807) is 0 Å². The molecule has 2 fully saturated rings. The van der Waals surface area contributed by atoms with Gasteiger partial charge in [0.1, 0.15) is 0 Å². The van der Waals surface area contributed by atoms with Crippen LogP contribution in [0.25, 0.3) is 0 Å². The van der Waals surface area contributed by atoms with Crippen LogP contribution in [0.2, 0.25) is 0 Å². The van der Waals surface area contributed by atoms with Crippen LogP contribution in [0.5, 0.6) is 0 Å². The Kier molecular flexibility index (Phi) is 3.62. The van der Waals surface area contributed by atoms with E-state index in [9.17, 15) is 0 Å². The van der Waals surface area contributed by atoms with E-state index in [0.717, 1.165) is 0 Å². The van der Waals surface area contributed by atoms with Crippen LogP contribution in [0.4, 0.5) is 0 Å². The molecular weight excluding hydrogens is 160 g/mol. The van der Waals surface area contributed by atoms with Crippen molar-refractivity contribution in [2.24, 2.45) is 0 Å². The summed E-state index contributed by atoms with van der Waals surface area (Å²) >= 11 is 0. The number of rotatable bonds is 8. The molecule has 2 saturated heterocycles. The van der Waals surface area contributed by atoms with Crippen LogP contribution in [0.15, 0.2) is 0 Å². The molecule has 2 heterocycles. The molecule has 0 aliphatic carbocycles. The zero-order valence-electron chi connectivity index (χ0n) is 8.67. The molecule has 0 atom stereocenters. The molecule has 76 valence electrons. The number of nitrogens with zero attached hydrogens (tertiary/aromatic N) is 2. The van der Waals surface area contributed by atoms with E-state index in [2.05, 4.69) is 9.80 Å². The molecule has 0 aromatic rings. The van der Waals surface area contributed by atoms with Gasteiger partial charge in [0.15, 0.2) is 0 Å². The van der Waals surface area contributed by atoms with Gasteiger partial charge >= 0.3 is 0 Å². The Hall–Kier alpha value is -0.0800. The molecule has 2 aliphatic rings. The van der Waals surface area contributed by atoms with Crippen LogP contribution >= 0.6 is 0 Å². The molecule has 0 spiro atoms. The Labute approximate surface area is 81.9 Å². The third-order valence-electron chi connectivity index (χ3n) is 3.03. The number of hydrogen-bond donors (Lipinski definition) is 0. The average Bonchev–Trinajstić information content (AvgIpc) is 2.99. The van der Waals surface area contributed by atoms with Gasteiger partial charge in [0.2, 0.25) is 0 Å². The molecule has 0 bridgehead atoms. The Morgan fingerprint density at radius 3 is 1.31 bits per heavy atom. The largest absolute Gasteiger partial charge is 0.301 e. The lowest BCUT2D eigenvalue weighted by Crippen LogP contribution is -2.00. The fourth-order valence-corrected chi connectivity index (χ4v) is 1.79. The van der Waals surface area contributed by atoms with Gasteiger partial charge in [-0.3, -0.25) is 0 Å². The van der Waals surface area contributed by atoms with Gasteiger partial charge in [-0.05, 0) is 25.9 Å². The minimum absolute atomic E-state index is 1.37. The molecule has 2 heteroatoms. The highest BCUT2D eigenvalue weighted by atomic mass is 15.3. The van der Waals surface area contributed by atoms with Crippen LogP contribution in [0.1, 0.15) is 32.1 Å². The third-order valence-corrected chi connectivity index (χ3v) is 3.03. The first kappa shape index (κ1) is 9.47. The van der Waals surface area contributed by atoms with Gasteiger partial charge in [0, 0.05) is 26.2 Å². The van der Waals surface area contributed by atoms with E-state index in [0.29, 0.717) is 0 Å². The highest BCUT2D eigenvalue weighted by Crippen LogP contribution is 2.10. The van der Waals surface area contributed by atoms with Gasteiger partial charge in [-0.2, -0.15) is 0 Å². The fraction of sp³-hybridized carbons (Fsp3) is 1.00. The maximum Gasteiger partial charge on any atom is 0.0110 e. The lowest BCUT2D eigenvalue weighted by molar-refractivity contribution is 0.479. The summed E-state index contributed by atoms with van der Waals surface area (Å²) in [5.74, 6) is 0. The first-order valence-electron chi connectivity index (χ1n) is 5.90. The van der Waals surface area contributed by atoms with E-state index in [1.165, 1.54) is 71.4 Å². The first-order valence-corrected chi connectivity index (χ1v) is 5.90. The summed E-state index contributed by atoms with van der Waals surface area (Å²) in [5.41, 5.74) is 0. The molecule has 0 radical (unpaired) electrons. The monoisotopic (exact) mass is 182 g/mol. The van der Waals surface area contributed by atoms with E-state index in [1.807, 2.05) is 0 Å². The van der Waals surface area contributed by atoms with Crippen LogP contribution < -0.4 is 0 Å². The summed E-state index contributed by atoms with van der Waals surface area (Å²) in [6.45, 7) is 8.21. The second-order valence-electron chi connectivity index (χ2n) is 4.45. The Balaban J connectivity index is 1.28. The van der Waals surface area contributed by atoms with Crippen molar-refractivity contribution in [3.63, 3.8) is 0 Å². The molecule has 0 unspecified atom stereocenters. The van der Waals surface area contributed by atoms with E-state index in [-0.39, 0.29) is 0 Å². The van der Waals surface area contributed by atoms with Crippen molar-refractivity contribution in [2.75, 3.05) is 39.3 Å². The summed E-state index contributed by atoms with van der Waals surface area (Å²) in [6.07, 6.45) is 7.24. The van der Waals surface area contributed by atoms with E-state index in [4.69, 9.17) is 0 Å². The smallest absolute Gasteiger partial charge is 0.0110 e. The second kappa shape index (κ2) is 4.97. The van der Waals surface area contributed by atoms with Crippen molar-refractivity contribution < 1.29 is 0 Å². The molecule has 2 nitrogen and oxygen atoms in total. The van der Waals surface area contributed by atoms with E-state index >= 15 is 0 Å². The minimum atomic E-state index is 1.37.